The lowest BCUT2D eigenvalue weighted by molar-refractivity contribution is 0.101. The second-order valence-electron chi connectivity index (χ2n) is 4.55. The first-order valence-corrected chi connectivity index (χ1v) is 6.31. The maximum atomic E-state index is 11.9. The van der Waals surface area contributed by atoms with Crippen molar-refractivity contribution in [2.75, 3.05) is 10.6 Å². The smallest absolute Gasteiger partial charge is 0.308 e. The molecule has 0 spiro atoms. The first kappa shape index (κ1) is 13.8. The summed E-state index contributed by atoms with van der Waals surface area (Å²) in [6.45, 7) is 3.42. The van der Waals surface area contributed by atoms with Gasteiger partial charge in [-0.3, -0.25) is 4.79 Å². The number of anilines is 2. The van der Waals surface area contributed by atoms with Gasteiger partial charge in [-0.1, -0.05) is 24.3 Å². The zero-order valence-corrected chi connectivity index (χ0v) is 11.4. The van der Waals surface area contributed by atoms with E-state index in [0.717, 1.165) is 5.56 Å². The number of amides is 2. The molecule has 2 N–H and O–H groups in total. The van der Waals surface area contributed by atoms with Gasteiger partial charge < -0.3 is 10.6 Å². The number of para-hydroxylation sites is 1. The van der Waals surface area contributed by atoms with Crippen LogP contribution in [0.4, 0.5) is 16.2 Å². The van der Waals surface area contributed by atoms with E-state index in [9.17, 15) is 9.59 Å². The Morgan fingerprint density at radius 2 is 1.70 bits per heavy atom. The molecular formula is C16H16N2O2. The molecule has 2 aromatic carbocycles. The summed E-state index contributed by atoms with van der Waals surface area (Å²) in [6, 6.07) is 14.1. The van der Waals surface area contributed by atoms with Crippen LogP contribution in [0, 0.1) is 6.92 Å². The normalized spacial score (nSPS) is 9.90. The lowest BCUT2D eigenvalue weighted by atomic mass is 10.1. The number of benzene rings is 2. The summed E-state index contributed by atoms with van der Waals surface area (Å²) >= 11 is 0. The molecule has 0 aliphatic rings. The SMILES string of the molecule is CC(=O)c1ccccc1NC(=O)Nc1cccc(C)c1. The number of aryl methyl sites for hydroxylation is 1. The highest BCUT2D eigenvalue weighted by molar-refractivity contribution is 6.06. The summed E-state index contributed by atoms with van der Waals surface area (Å²) in [7, 11) is 0. The zero-order valence-electron chi connectivity index (χ0n) is 11.4. The molecule has 0 saturated heterocycles. The van der Waals surface area contributed by atoms with Crippen molar-refractivity contribution in [3.8, 4) is 0 Å². The molecule has 102 valence electrons. The highest BCUT2D eigenvalue weighted by Crippen LogP contribution is 2.16. The van der Waals surface area contributed by atoms with Crippen LogP contribution in [0.2, 0.25) is 0 Å². The molecule has 0 saturated carbocycles. The number of carbonyl (C=O) groups is 2. The molecule has 0 bridgehead atoms. The maximum absolute atomic E-state index is 11.9. The molecular weight excluding hydrogens is 252 g/mol. The topological polar surface area (TPSA) is 58.2 Å². The van der Waals surface area contributed by atoms with Crippen molar-refractivity contribution in [1.29, 1.82) is 0 Å². The molecule has 0 aromatic heterocycles. The lowest BCUT2D eigenvalue weighted by Crippen LogP contribution is -2.20. The number of hydrogen-bond donors (Lipinski definition) is 2. The van der Waals surface area contributed by atoms with Crippen molar-refractivity contribution in [3.05, 3.63) is 59.7 Å². The van der Waals surface area contributed by atoms with Crippen LogP contribution in [0.5, 0.6) is 0 Å². The minimum atomic E-state index is -0.371. The van der Waals surface area contributed by atoms with Crippen molar-refractivity contribution in [2.24, 2.45) is 0 Å². The van der Waals surface area contributed by atoms with Crippen LogP contribution in [-0.4, -0.2) is 11.8 Å². The minimum Gasteiger partial charge on any atom is -0.308 e. The van der Waals surface area contributed by atoms with Crippen LogP contribution in [0.15, 0.2) is 48.5 Å². The molecule has 0 aliphatic carbocycles. The van der Waals surface area contributed by atoms with Crippen molar-refractivity contribution in [2.45, 2.75) is 13.8 Å². The van der Waals surface area contributed by atoms with Crippen LogP contribution in [0.1, 0.15) is 22.8 Å². The van der Waals surface area contributed by atoms with Crippen molar-refractivity contribution in [1.82, 2.24) is 0 Å². The van der Waals surface area contributed by atoms with Crippen molar-refractivity contribution >= 4 is 23.2 Å². The lowest BCUT2D eigenvalue weighted by Gasteiger charge is -2.10. The third-order valence-corrected chi connectivity index (χ3v) is 2.83. The molecule has 2 rings (SSSR count). The van der Waals surface area contributed by atoms with Gasteiger partial charge in [0.25, 0.3) is 0 Å². The van der Waals surface area contributed by atoms with Crippen LogP contribution in [-0.2, 0) is 0 Å². The Labute approximate surface area is 117 Å². The van der Waals surface area contributed by atoms with Gasteiger partial charge in [0.05, 0.1) is 5.69 Å². The molecule has 0 aliphatic heterocycles. The summed E-state index contributed by atoms with van der Waals surface area (Å²) in [5.74, 6) is -0.0866. The summed E-state index contributed by atoms with van der Waals surface area (Å²) in [5.41, 5.74) is 2.77. The summed E-state index contributed by atoms with van der Waals surface area (Å²) in [6.07, 6.45) is 0. The van der Waals surface area contributed by atoms with Crippen molar-refractivity contribution < 1.29 is 9.59 Å². The number of nitrogens with one attached hydrogen (secondary N) is 2. The van der Waals surface area contributed by atoms with Crippen molar-refractivity contribution in [3.63, 3.8) is 0 Å². The Hall–Kier alpha value is -2.62. The van der Waals surface area contributed by atoms with E-state index in [1.54, 1.807) is 24.3 Å². The fourth-order valence-corrected chi connectivity index (χ4v) is 1.91. The fourth-order valence-electron chi connectivity index (χ4n) is 1.91. The molecule has 4 heteroatoms. The number of urea groups is 1. The first-order valence-electron chi connectivity index (χ1n) is 6.31. The van der Waals surface area contributed by atoms with E-state index in [4.69, 9.17) is 0 Å². The Kier molecular flexibility index (Phi) is 4.15. The third kappa shape index (κ3) is 3.45. The summed E-state index contributed by atoms with van der Waals surface area (Å²) < 4.78 is 0. The number of ketones is 1. The predicted molar refractivity (Wildman–Crippen MR) is 80.3 cm³/mol. The standard InChI is InChI=1S/C16H16N2O2/c1-11-6-5-7-13(10-11)17-16(20)18-15-9-4-3-8-14(15)12(2)19/h3-10H,1-2H3,(H2,17,18,20). The largest absolute Gasteiger partial charge is 0.323 e. The average molecular weight is 268 g/mol. The van der Waals surface area contributed by atoms with E-state index < -0.39 is 0 Å². The van der Waals surface area contributed by atoms with Crippen LogP contribution >= 0.6 is 0 Å². The molecule has 20 heavy (non-hydrogen) atoms. The zero-order chi connectivity index (χ0) is 14.5. The Balaban J connectivity index is 2.11. The van der Waals surface area contributed by atoms with Gasteiger partial charge in [-0.05, 0) is 43.7 Å². The van der Waals surface area contributed by atoms with Gasteiger partial charge >= 0.3 is 6.03 Å². The van der Waals surface area contributed by atoms with Gasteiger partial charge in [0.15, 0.2) is 5.78 Å². The number of carbonyl (C=O) groups excluding carboxylic acids is 2. The van der Waals surface area contributed by atoms with E-state index in [2.05, 4.69) is 10.6 Å². The number of Topliss-reactive ketones (excluding diaryl/α,β-unsaturated/α-hetero) is 1. The van der Waals surface area contributed by atoms with E-state index in [1.807, 2.05) is 31.2 Å². The molecule has 0 unspecified atom stereocenters. The average Bonchev–Trinajstić information content (AvgIpc) is 2.38. The Morgan fingerprint density at radius 1 is 0.950 bits per heavy atom. The third-order valence-electron chi connectivity index (χ3n) is 2.83. The van der Waals surface area contributed by atoms with E-state index >= 15 is 0 Å². The van der Waals surface area contributed by atoms with E-state index in [0.29, 0.717) is 16.9 Å². The Morgan fingerprint density at radius 3 is 2.40 bits per heavy atom. The molecule has 0 heterocycles. The van der Waals surface area contributed by atoms with E-state index in [-0.39, 0.29) is 11.8 Å². The molecule has 2 aromatic rings. The fraction of sp³-hybridized carbons (Fsp3) is 0.125. The highest BCUT2D eigenvalue weighted by atomic mass is 16.2. The van der Waals surface area contributed by atoms with Gasteiger partial charge in [-0.15, -0.1) is 0 Å². The Bertz CT molecular complexity index is 650. The molecule has 2 amide bonds. The minimum absolute atomic E-state index is 0.0866. The maximum Gasteiger partial charge on any atom is 0.323 e. The molecule has 0 fully saturated rings. The van der Waals surface area contributed by atoms with Gasteiger partial charge in [0.2, 0.25) is 0 Å². The van der Waals surface area contributed by atoms with Gasteiger partial charge in [-0.2, -0.15) is 0 Å². The number of rotatable bonds is 3. The monoisotopic (exact) mass is 268 g/mol. The molecule has 0 radical (unpaired) electrons. The quantitative estimate of drug-likeness (QED) is 0.831. The summed E-state index contributed by atoms with van der Waals surface area (Å²) in [5, 5.41) is 5.42. The van der Waals surface area contributed by atoms with E-state index in [1.165, 1.54) is 6.92 Å². The second-order valence-corrected chi connectivity index (χ2v) is 4.55. The van der Waals surface area contributed by atoms with Crippen LogP contribution < -0.4 is 10.6 Å². The first-order chi connectivity index (χ1) is 9.56. The van der Waals surface area contributed by atoms with Crippen LogP contribution in [0.25, 0.3) is 0 Å². The summed E-state index contributed by atoms with van der Waals surface area (Å²) in [4.78, 5) is 23.4. The molecule has 4 nitrogen and oxygen atoms in total. The predicted octanol–water partition coefficient (Wildman–Crippen LogP) is 3.84. The second kappa shape index (κ2) is 6.02. The molecule has 0 atom stereocenters. The number of hydrogen-bond acceptors (Lipinski definition) is 2. The van der Waals surface area contributed by atoms with Gasteiger partial charge in [0.1, 0.15) is 0 Å². The van der Waals surface area contributed by atoms with Gasteiger partial charge in [-0.25, -0.2) is 4.79 Å². The van der Waals surface area contributed by atoms with Gasteiger partial charge in [0, 0.05) is 11.3 Å². The highest BCUT2D eigenvalue weighted by Gasteiger charge is 2.09. The van der Waals surface area contributed by atoms with Crippen LogP contribution in [0.3, 0.4) is 0 Å².